The Morgan fingerprint density at radius 2 is 1.82 bits per heavy atom. The molecule has 1 amide bonds. The molecule has 1 aromatic rings. The fourth-order valence-corrected chi connectivity index (χ4v) is 2.90. The van der Waals surface area contributed by atoms with Crippen LogP contribution in [0.15, 0.2) is 12.1 Å². The van der Waals surface area contributed by atoms with E-state index >= 15 is 0 Å². The number of carbonyl (C=O) groups is 2. The lowest BCUT2D eigenvalue weighted by molar-refractivity contribution is -0.155. The standard InChI is InChI=1S/C20H29ClN2O5/c1-20(2,3)28-17(24)13-23(8-7-22(4)5)19(25)14-11-15(21)18-16(12-14)26-9-6-10-27-18/h11-12H,6-10,13H2,1-5H3. The first kappa shape index (κ1) is 22.3. The van der Waals surface area contributed by atoms with Gasteiger partial charge in [0.05, 0.1) is 18.2 Å². The van der Waals surface area contributed by atoms with Crippen LogP contribution in [0, 0.1) is 0 Å². The highest BCUT2D eigenvalue weighted by atomic mass is 35.5. The van der Waals surface area contributed by atoms with Crippen molar-refractivity contribution < 1.29 is 23.8 Å². The van der Waals surface area contributed by atoms with Gasteiger partial charge in [0, 0.05) is 25.1 Å². The van der Waals surface area contributed by atoms with Gasteiger partial charge in [-0.1, -0.05) is 11.6 Å². The van der Waals surface area contributed by atoms with Crippen LogP contribution < -0.4 is 9.47 Å². The van der Waals surface area contributed by atoms with Crippen LogP contribution >= 0.6 is 11.6 Å². The van der Waals surface area contributed by atoms with Crippen molar-refractivity contribution in [2.24, 2.45) is 0 Å². The number of hydrogen-bond donors (Lipinski definition) is 0. The van der Waals surface area contributed by atoms with E-state index in [1.54, 1.807) is 32.9 Å². The van der Waals surface area contributed by atoms with Gasteiger partial charge < -0.3 is 24.0 Å². The Morgan fingerprint density at radius 1 is 1.14 bits per heavy atom. The fourth-order valence-electron chi connectivity index (χ4n) is 2.64. The van der Waals surface area contributed by atoms with Crippen LogP contribution in [0.4, 0.5) is 0 Å². The van der Waals surface area contributed by atoms with Crippen molar-refractivity contribution in [3.8, 4) is 11.5 Å². The molecule has 1 aliphatic heterocycles. The fraction of sp³-hybridized carbons (Fsp3) is 0.600. The SMILES string of the molecule is CN(C)CCN(CC(=O)OC(C)(C)C)C(=O)c1cc(Cl)c2c(c1)OCCCO2. The molecule has 1 heterocycles. The van der Waals surface area contributed by atoms with E-state index < -0.39 is 11.6 Å². The Hall–Kier alpha value is -1.99. The molecule has 2 rings (SSSR count). The van der Waals surface area contributed by atoms with Gasteiger partial charge in [0.1, 0.15) is 12.1 Å². The number of benzene rings is 1. The Morgan fingerprint density at radius 3 is 2.46 bits per heavy atom. The van der Waals surface area contributed by atoms with Crippen LogP contribution in [0.25, 0.3) is 0 Å². The molecule has 156 valence electrons. The van der Waals surface area contributed by atoms with Crippen LogP contribution in [0.2, 0.25) is 5.02 Å². The van der Waals surface area contributed by atoms with Crippen molar-refractivity contribution in [3.05, 3.63) is 22.7 Å². The van der Waals surface area contributed by atoms with Gasteiger partial charge in [-0.2, -0.15) is 0 Å². The van der Waals surface area contributed by atoms with Crippen LogP contribution in [-0.2, 0) is 9.53 Å². The number of halogens is 1. The second kappa shape index (κ2) is 9.47. The first-order valence-corrected chi connectivity index (χ1v) is 9.69. The second-order valence-corrected chi connectivity index (χ2v) is 8.36. The lowest BCUT2D eigenvalue weighted by Crippen LogP contribution is -2.42. The van der Waals surface area contributed by atoms with Gasteiger partial charge in [0.25, 0.3) is 5.91 Å². The summed E-state index contributed by atoms with van der Waals surface area (Å²) in [6, 6.07) is 3.17. The summed E-state index contributed by atoms with van der Waals surface area (Å²) >= 11 is 6.31. The van der Waals surface area contributed by atoms with Crippen LogP contribution in [0.1, 0.15) is 37.6 Å². The maximum atomic E-state index is 13.1. The van der Waals surface area contributed by atoms with Crippen molar-refractivity contribution in [1.29, 1.82) is 0 Å². The molecule has 0 bridgehead atoms. The number of likely N-dealkylation sites (N-methyl/N-ethyl adjacent to an activating group) is 1. The molecule has 0 saturated heterocycles. The van der Waals surface area contributed by atoms with Crippen molar-refractivity contribution >= 4 is 23.5 Å². The molecule has 7 nitrogen and oxygen atoms in total. The predicted octanol–water partition coefficient (Wildman–Crippen LogP) is 2.85. The number of ether oxygens (including phenoxy) is 3. The summed E-state index contributed by atoms with van der Waals surface area (Å²) in [5.41, 5.74) is -0.275. The number of carbonyl (C=O) groups excluding carboxylic acids is 2. The molecule has 0 atom stereocenters. The van der Waals surface area contributed by atoms with Gasteiger partial charge in [-0.3, -0.25) is 9.59 Å². The molecule has 28 heavy (non-hydrogen) atoms. The Kier molecular flexibility index (Phi) is 7.55. The maximum Gasteiger partial charge on any atom is 0.326 e. The third-order valence-electron chi connectivity index (χ3n) is 3.89. The van der Waals surface area contributed by atoms with Crippen LogP contribution in [-0.4, -0.2) is 74.2 Å². The minimum atomic E-state index is -0.619. The Balaban J connectivity index is 2.24. The van der Waals surface area contributed by atoms with E-state index in [0.717, 1.165) is 6.42 Å². The van der Waals surface area contributed by atoms with Crippen molar-refractivity contribution in [3.63, 3.8) is 0 Å². The van der Waals surface area contributed by atoms with Gasteiger partial charge in [-0.05, 0) is 47.0 Å². The zero-order chi connectivity index (χ0) is 20.9. The van der Waals surface area contributed by atoms with Gasteiger partial charge in [-0.15, -0.1) is 0 Å². The van der Waals surface area contributed by atoms with Gasteiger partial charge in [0.15, 0.2) is 11.5 Å². The molecule has 0 N–H and O–H groups in total. The zero-order valence-corrected chi connectivity index (χ0v) is 18.0. The molecule has 0 unspecified atom stereocenters. The molecular formula is C20H29ClN2O5. The third kappa shape index (κ3) is 6.56. The predicted molar refractivity (Wildman–Crippen MR) is 107 cm³/mol. The summed E-state index contributed by atoms with van der Waals surface area (Å²) in [5.74, 6) is 0.117. The van der Waals surface area contributed by atoms with Crippen molar-refractivity contribution in [1.82, 2.24) is 9.80 Å². The number of esters is 1. The van der Waals surface area contributed by atoms with Gasteiger partial charge in [0.2, 0.25) is 0 Å². The molecule has 0 radical (unpaired) electrons. The average Bonchev–Trinajstić information content (AvgIpc) is 2.82. The summed E-state index contributed by atoms with van der Waals surface area (Å²) in [7, 11) is 3.81. The summed E-state index contributed by atoms with van der Waals surface area (Å²) in [6.07, 6.45) is 0.738. The highest BCUT2D eigenvalue weighted by Crippen LogP contribution is 2.38. The van der Waals surface area contributed by atoms with Crippen molar-refractivity contribution in [2.45, 2.75) is 32.8 Å². The second-order valence-electron chi connectivity index (χ2n) is 7.95. The first-order chi connectivity index (χ1) is 13.1. The topological polar surface area (TPSA) is 68.3 Å². The normalized spacial score (nSPS) is 13.8. The summed E-state index contributed by atoms with van der Waals surface area (Å²) in [6.45, 7) is 7.21. The van der Waals surface area contributed by atoms with E-state index in [1.165, 1.54) is 4.90 Å². The summed E-state index contributed by atoms with van der Waals surface area (Å²) < 4.78 is 16.6. The Bertz CT molecular complexity index is 715. The monoisotopic (exact) mass is 412 g/mol. The summed E-state index contributed by atoms with van der Waals surface area (Å²) in [4.78, 5) is 28.8. The first-order valence-electron chi connectivity index (χ1n) is 9.32. The van der Waals surface area contributed by atoms with Crippen LogP contribution in [0.3, 0.4) is 0 Å². The highest BCUT2D eigenvalue weighted by Gasteiger charge is 2.25. The van der Waals surface area contributed by atoms with E-state index in [4.69, 9.17) is 25.8 Å². The third-order valence-corrected chi connectivity index (χ3v) is 4.17. The lowest BCUT2D eigenvalue weighted by Gasteiger charge is -2.26. The number of amides is 1. The highest BCUT2D eigenvalue weighted by molar-refractivity contribution is 6.32. The Labute approximate surface area is 171 Å². The minimum absolute atomic E-state index is 0.143. The quantitative estimate of drug-likeness (QED) is 0.669. The zero-order valence-electron chi connectivity index (χ0n) is 17.2. The lowest BCUT2D eigenvalue weighted by atomic mass is 10.1. The van der Waals surface area contributed by atoms with Crippen LogP contribution in [0.5, 0.6) is 11.5 Å². The van der Waals surface area contributed by atoms with Crippen molar-refractivity contribution in [2.75, 3.05) is 46.9 Å². The molecule has 0 spiro atoms. The van der Waals surface area contributed by atoms with E-state index in [1.807, 2.05) is 19.0 Å². The van der Waals surface area contributed by atoms with E-state index in [0.29, 0.717) is 48.4 Å². The largest absolute Gasteiger partial charge is 0.489 e. The van der Waals surface area contributed by atoms with E-state index in [2.05, 4.69) is 0 Å². The molecule has 0 saturated carbocycles. The maximum absolute atomic E-state index is 13.1. The molecule has 0 aromatic heterocycles. The van der Waals surface area contributed by atoms with Gasteiger partial charge in [-0.25, -0.2) is 0 Å². The smallest absolute Gasteiger partial charge is 0.326 e. The summed E-state index contributed by atoms with van der Waals surface area (Å²) in [5, 5.41) is 0.313. The molecule has 1 aliphatic rings. The molecule has 0 fully saturated rings. The molecule has 1 aromatic carbocycles. The molecule has 8 heteroatoms. The molecular weight excluding hydrogens is 384 g/mol. The van der Waals surface area contributed by atoms with Gasteiger partial charge >= 0.3 is 5.97 Å². The minimum Gasteiger partial charge on any atom is -0.489 e. The van der Waals surface area contributed by atoms with E-state index in [-0.39, 0.29) is 12.5 Å². The number of nitrogens with zero attached hydrogens (tertiary/aromatic N) is 2. The van der Waals surface area contributed by atoms with E-state index in [9.17, 15) is 9.59 Å². The molecule has 0 aliphatic carbocycles. The number of hydrogen-bond acceptors (Lipinski definition) is 6. The number of fused-ring (bicyclic) bond motifs is 1. The average molecular weight is 413 g/mol. The number of rotatable bonds is 6.